The number of nitrogens with zero attached hydrogens (tertiary/aromatic N) is 2. The summed E-state index contributed by atoms with van der Waals surface area (Å²) in [4.78, 5) is 2.22. The number of hydrogen-bond acceptors (Lipinski definition) is 3. The van der Waals surface area contributed by atoms with Gasteiger partial charge in [-0.2, -0.15) is 5.10 Å². The molecule has 2 aromatic rings. The van der Waals surface area contributed by atoms with Crippen LogP contribution >= 0.6 is 12.2 Å². The Kier molecular flexibility index (Phi) is 5.38. The van der Waals surface area contributed by atoms with E-state index >= 15 is 0 Å². The van der Waals surface area contributed by atoms with E-state index in [-0.39, 0.29) is 5.41 Å². The van der Waals surface area contributed by atoms with Gasteiger partial charge in [-0.3, -0.25) is 5.43 Å². The van der Waals surface area contributed by atoms with Crippen LogP contribution in [0, 0.1) is 0 Å². The number of likely N-dealkylation sites (N-methyl/N-ethyl adjacent to an activating group) is 1. The summed E-state index contributed by atoms with van der Waals surface area (Å²) < 4.78 is 0. The van der Waals surface area contributed by atoms with Gasteiger partial charge in [-0.05, 0) is 35.5 Å². The molecule has 1 heterocycles. The molecule has 1 aliphatic heterocycles. The van der Waals surface area contributed by atoms with E-state index in [1.54, 1.807) is 6.21 Å². The molecule has 0 aliphatic carbocycles. The Morgan fingerprint density at radius 3 is 2.54 bits per heavy atom. The number of nitrogens with one attached hydrogen (secondary N) is 2. The van der Waals surface area contributed by atoms with Gasteiger partial charge in [0, 0.05) is 36.6 Å². The zero-order chi connectivity index (χ0) is 18.6. The van der Waals surface area contributed by atoms with E-state index in [9.17, 15) is 0 Å². The molecule has 3 rings (SSSR count). The van der Waals surface area contributed by atoms with E-state index in [1.807, 2.05) is 24.3 Å². The van der Waals surface area contributed by atoms with Gasteiger partial charge in [-0.15, -0.1) is 0 Å². The summed E-state index contributed by atoms with van der Waals surface area (Å²) in [7, 11) is 2.09. The summed E-state index contributed by atoms with van der Waals surface area (Å²) in [5.41, 5.74) is 7.76. The van der Waals surface area contributed by atoms with Gasteiger partial charge in [0.25, 0.3) is 0 Å². The molecule has 0 atom stereocenters. The van der Waals surface area contributed by atoms with Gasteiger partial charge in [-0.25, -0.2) is 0 Å². The lowest BCUT2D eigenvalue weighted by Gasteiger charge is -2.23. The van der Waals surface area contributed by atoms with Crippen molar-refractivity contribution in [1.29, 1.82) is 0 Å². The topological polar surface area (TPSA) is 39.7 Å². The highest BCUT2D eigenvalue weighted by Crippen LogP contribution is 2.46. The maximum absolute atomic E-state index is 5.26. The standard InChI is InChI=1S/C21H24N4S/c1-21(2)17-11-7-8-12-18(17)25(3)19(21)13-14-23-24-20(26)22-15-16-9-5-4-6-10-16/h4-14H,15H2,1-3H3,(H2,22,24,26)/b19-13-,23-14-. The lowest BCUT2D eigenvalue weighted by atomic mass is 9.84. The maximum Gasteiger partial charge on any atom is 0.187 e. The van der Waals surface area contributed by atoms with Crippen LogP contribution in [0.25, 0.3) is 0 Å². The fraction of sp³-hybridized carbons (Fsp3) is 0.238. The number of allylic oxidation sites excluding steroid dienone is 2. The van der Waals surface area contributed by atoms with Gasteiger partial charge in [0.05, 0.1) is 0 Å². The van der Waals surface area contributed by atoms with Crippen LogP contribution in [0.3, 0.4) is 0 Å². The molecule has 0 fully saturated rings. The quantitative estimate of drug-likeness (QED) is 0.490. The smallest absolute Gasteiger partial charge is 0.187 e. The van der Waals surface area contributed by atoms with Crippen LogP contribution in [0.1, 0.15) is 25.0 Å². The first-order valence-corrected chi connectivity index (χ1v) is 9.06. The second kappa shape index (κ2) is 7.70. The zero-order valence-corrected chi connectivity index (χ0v) is 16.2. The molecule has 0 unspecified atom stereocenters. The molecule has 5 heteroatoms. The third-order valence-corrected chi connectivity index (χ3v) is 4.95. The van der Waals surface area contributed by atoms with Crippen molar-refractivity contribution in [3.05, 3.63) is 77.5 Å². The van der Waals surface area contributed by atoms with Crippen LogP contribution in [0.2, 0.25) is 0 Å². The number of fused-ring (bicyclic) bond motifs is 1. The monoisotopic (exact) mass is 364 g/mol. The molecule has 0 radical (unpaired) electrons. The first-order chi connectivity index (χ1) is 12.5. The number of hydrazone groups is 1. The molecule has 0 bridgehead atoms. The maximum atomic E-state index is 5.26. The Morgan fingerprint density at radius 2 is 1.81 bits per heavy atom. The molecule has 2 aromatic carbocycles. The molecule has 0 aromatic heterocycles. The van der Waals surface area contributed by atoms with Gasteiger partial charge in [0.1, 0.15) is 0 Å². The fourth-order valence-corrected chi connectivity index (χ4v) is 3.45. The van der Waals surface area contributed by atoms with Gasteiger partial charge in [0.15, 0.2) is 5.11 Å². The minimum atomic E-state index is -0.0522. The predicted molar refractivity (Wildman–Crippen MR) is 113 cm³/mol. The SMILES string of the molecule is CN1/C(=C\C=N/NC(=S)NCc2ccccc2)C(C)(C)c2ccccc21. The summed E-state index contributed by atoms with van der Waals surface area (Å²) in [5.74, 6) is 0. The van der Waals surface area contributed by atoms with Crippen molar-refractivity contribution in [2.45, 2.75) is 25.8 Å². The Bertz CT molecular complexity index is 840. The van der Waals surface area contributed by atoms with Gasteiger partial charge in [0.2, 0.25) is 0 Å². The highest BCUT2D eigenvalue weighted by molar-refractivity contribution is 7.80. The van der Waals surface area contributed by atoms with Crippen molar-refractivity contribution >= 4 is 29.2 Å². The number of benzene rings is 2. The summed E-state index contributed by atoms with van der Waals surface area (Å²) in [6.07, 6.45) is 3.79. The molecule has 0 spiro atoms. The number of hydrogen-bond donors (Lipinski definition) is 2. The predicted octanol–water partition coefficient (Wildman–Crippen LogP) is 3.95. The first-order valence-electron chi connectivity index (χ1n) is 8.65. The minimum Gasteiger partial charge on any atom is -0.357 e. The van der Waals surface area contributed by atoms with Crippen molar-refractivity contribution < 1.29 is 0 Å². The van der Waals surface area contributed by atoms with Crippen molar-refractivity contribution in [3.63, 3.8) is 0 Å². The van der Waals surface area contributed by atoms with Crippen molar-refractivity contribution in [1.82, 2.24) is 10.7 Å². The van der Waals surface area contributed by atoms with Crippen LogP contribution in [0.15, 0.2) is 71.5 Å². The average Bonchev–Trinajstić information content (AvgIpc) is 2.85. The molecule has 0 amide bonds. The highest BCUT2D eigenvalue weighted by Gasteiger charge is 2.37. The molecule has 1 aliphatic rings. The van der Waals surface area contributed by atoms with Crippen LogP contribution in [0.5, 0.6) is 0 Å². The second-order valence-electron chi connectivity index (χ2n) is 6.81. The Balaban J connectivity index is 1.59. The summed E-state index contributed by atoms with van der Waals surface area (Å²) in [6.45, 7) is 5.14. The normalized spacial score (nSPS) is 16.7. The van der Waals surface area contributed by atoms with E-state index in [1.165, 1.54) is 22.5 Å². The van der Waals surface area contributed by atoms with Crippen molar-refractivity contribution in [2.75, 3.05) is 11.9 Å². The first kappa shape index (κ1) is 18.1. The third kappa shape index (κ3) is 3.78. The Hall–Kier alpha value is -2.66. The minimum absolute atomic E-state index is 0.0522. The number of thiocarbonyl (C=S) groups is 1. The number of rotatable bonds is 4. The highest BCUT2D eigenvalue weighted by atomic mass is 32.1. The lowest BCUT2D eigenvalue weighted by Crippen LogP contribution is -2.31. The Labute approximate surface area is 160 Å². The Morgan fingerprint density at radius 1 is 1.12 bits per heavy atom. The van der Waals surface area contributed by atoms with Gasteiger partial charge in [-0.1, -0.05) is 62.4 Å². The number of para-hydroxylation sites is 1. The van der Waals surface area contributed by atoms with Crippen molar-refractivity contribution in [3.8, 4) is 0 Å². The third-order valence-electron chi connectivity index (χ3n) is 4.71. The molecular formula is C21H24N4S. The largest absolute Gasteiger partial charge is 0.357 e. The van der Waals surface area contributed by atoms with Crippen molar-refractivity contribution in [2.24, 2.45) is 5.10 Å². The molecule has 4 nitrogen and oxygen atoms in total. The van der Waals surface area contributed by atoms with Gasteiger partial charge >= 0.3 is 0 Å². The van der Waals surface area contributed by atoms with Crippen LogP contribution < -0.4 is 15.6 Å². The van der Waals surface area contributed by atoms with Gasteiger partial charge < -0.3 is 10.2 Å². The average molecular weight is 365 g/mol. The zero-order valence-electron chi connectivity index (χ0n) is 15.4. The molecule has 0 saturated heterocycles. The van der Waals surface area contributed by atoms with E-state index in [4.69, 9.17) is 12.2 Å². The second-order valence-corrected chi connectivity index (χ2v) is 7.22. The molecule has 26 heavy (non-hydrogen) atoms. The molecule has 0 saturated carbocycles. The summed E-state index contributed by atoms with van der Waals surface area (Å²) >= 11 is 5.26. The van der Waals surface area contributed by atoms with E-state index < -0.39 is 0 Å². The fourth-order valence-electron chi connectivity index (χ4n) is 3.32. The van der Waals surface area contributed by atoms with E-state index in [0.29, 0.717) is 11.7 Å². The van der Waals surface area contributed by atoms with Crippen LogP contribution in [-0.4, -0.2) is 18.4 Å². The van der Waals surface area contributed by atoms with E-state index in [2.05, 4.69) is 78.0 Å². The molecular weight excluding hydrogens is 340 g/mol. The van der Waals surface area contributed by atoms with Crippen LogP contribution in [0.4, 0.5) is 5.69 Å². The summed E-state index contributed by atoms with van der Waals surface area (Å²) in [5, 5.41) is 7.88. The lowest BCUT2D eigenvalue weighted by molar-refractivity contribution is 0.641. The van der Waals surface area contributed by atoms with Crippen LogP contribution in [-0.2, 0) is 12.0 Å². The van der Waals surface area contributed by atoms with E-state index in [0.717, 1.165) is 0 Å². The molecule has 2 N–H and O–H groups in total. The molecule has 134 valence electrons. The summed E-state index contributed by atoms with van der Waals surface area (Å²) in [6, 6.07) is 18.6. The number of anilines is 1.